The van der Waals surface area contributed by atoms with Crippen LogP contribution in [0.3, 0.4) is 0 Å². The number of nitriles is 1. The van der Waals surface area contributed by atoms with E-state index in [1.54, 1.807) is 20.4 Å². The van der Waals surface area contributed by atoms with E-state index in [0.29, 0.717) is 42.3 Å². The van der Waals surface area contributed by atoms with Crippen LogP contribution in [0.1, 0.15) is 36.1 Å². The number of anilines is 4. The van der Waals surface area contributed by atoms with Gasteiger partial charge < -0.3 is 30.4 Å². The second-order valence-corrected chi connectivity index (χ2v) is 9.33. The Morgan fingerprint density at radius 1 is 1.15 bits per heavy atom. The third-order valence-corrected chi connectivity index (χ3v) is 6.00. The van der Waals surface area contributed by atoms with Crippen molar-refractivity contribution >= 4 is 34.8 Å². The monoisotopic (exact) mass is 558 g/mol. The van der Waals surface area contributed by atoms with Gasteiger partial charge in [0.25, 0.3) is 0 Å². The van der Waals surface area contributed by atoms with Crippen molar-refractivity contribution in [1.82, 2.24) is 29.7 Å². The lowest BCUT2D eigenvalue weighted by Crippen LogP contribution is -2.22. The minimum absolute atomic E-state index is 0.0602. The summed E-state index contributed by atoms with van der Waals surface area (Å²) in [5.41, 5.74) is 4.70. The molecule has 0 aliphatic rings. The van der Waals surface area contributed by atoms with E-state index in [4.69, 9.17) is 14.5 Å². The number of imidazole rings is 1. The van der Waals surface area contributed by atoms with Crippen LogP contribution in [-0.2, 0) is 4.74 Å². The molecule has 1 unspecified atom stereocenters. The van der Waals surface area contributed by atoms with Gasteiger partial charge in [-0.05, 0) is 45.7 Å². The predicted octanol–water partition coefficient (Wildman–Crippen LogP) is 5.23. The molecule has 14 heteroatoms. The van der Waals surface area contributed by atoms with Crippen LogP contribution < -0.4 is 20.7 Å². The highest BCUT2D eigenvalue weighted by Gasteiger charge is 2.23. The zero-order valence-electron chi connectivity index (χ0n) is 24.2. The first-order valence-corrected chi connectivity index (χ1v) is 13.1. The Kier molecular flexibility index (Phi) is 9.10. The normalized spacial score (nSPS) is 11.9. The number of aryl methyl sites for hydroxylation is 3. The Hall–Kier alpha value is -5.03. The van der Waals surface area contributed by atoms with Gasteiger partial charge in [0.05, 0.1) is 19.5 Å². The smallest absolute Gasteiger partial charge is 0.239 e. The third-order valence-electron chi connectivity index (χ3n) is 6.00. The topological polar surface area (TPSA) is 175 Å². The molecule has 0 fully saturated rings. The summed E-state index contributed by atoms with van der Waals surface area (Å²) in [7, 11) is 3.36. The van der Waals surface area contributed by atoms with Gasteiger partial charge in [0.1, 0.15) is 6.07 Å². The number of azo groups is 1. The van der Waals surface area contributed by atoms with E-state index in [2.05, 4.69) is 71.4 Å². The number of aromatic amines is 1. The largest absolute Gasteiger partial charge is 0.477 e. The lowest BCUT2D eigenvalue weighted by atomic mass is 10.1. The highest BCUT2D eigenvalue weighted by Crippen LogP contribution is 2.37. The van der Waals surface area contributed by atoms with Crippen LogP contribution >= 0.6 is 0 Å². The molecule has 3 aromatic heterocycles. The van der Waals surface area contributed by atoms with Gasteiger partial charge in [-0.1, -0.05) is 17.7 Å². The molecule has 0 bridgehead atoms. The number of methoxy groups -OCH3 is 1. The van der Waals surface area contributed by atoms with Crippen LogP contribution in [0.5, 0.6) is 5.88 Å². The van der Waals surface area contributed by atoms with Crippen LogP contribution in [0, 0.1) is 32.1 Å². The average Bonchev–Trinajstić information content (AvgIpc) is 3.58. The molecule has 1 atom stereocenters. The fraction of sp³-hybridized carbons (Fsp3) is 0.370. The number of H-pyrrole nitrogens is 1. The first-order chi connectivity index (χ1) is 19.8. The first kappa shape index (κ1) is 29.0. The Balaban J connectivity index is 1.80. The highest BCUT2D eigenvalue weighted by atomic mass is 16.5. The van der Waals surface area contributed by atoms with E-state index >= 15 is 0 Å². The summed E-state index contributed by atoms with van der Waals surface area (Å²) >= 11 is 0. The summed E-state index contributed by atoms with van der Waals surface area (Å²) in [6.45, 7) is 10.7. The van der Waals surface area contributed by atoms with Crippen molar-refractivity contribution in [2.45, 2.75) is 40.7 Å². The van der Waals surface area contributed by atoms with Gasteiger partial charge in [-0.15, -0.1) is 15.3 Å². The van der Waals surface area contributed by atoms with E-state index < -0.39 is 0 Å². The summed E-state index contributed by atoms with van der Waals surface area (Å²) in [5, 5.41) is 32.9. The maximum absolute atomic E-state index is 9.92. The average molecular weight is 559 g/mol. The Labute approximate surface area is 238 Å². The van der Waals surface area contributed by atoms with Crippen molar-refractivity contribution in [3.63, 3.8) is 0 Å². The molecule has 14 nitrogen and oxygen atoms in total. The second-order valence-electron chi connectivity index (χ2n) is 9.33. The minimum atomic E-state index is -0.109. The first-order valence-electron chi connectivity index (χ1n) is 13.1. The zero-order chi connectivity index (χ0) is 29.5. The molecule has 4 rings (SSSR count). The van der Waals surface area contributed by atoms with Gasteiger partial charge in [-0.2, -0.15) is 19.9 Å². The molecule has 1 aromatic carbocycles. The molecule has 0 aliphatic heterocycles. The van der Waals surface area contributed by atoms with Gasteiger partial charge in [-0.3, -0.25) is 0 Å². The van der Waals surface area contributed by atoms with Gasteiger partial charge in [0.2, 0.25) is 17.6 Å². The molecule has 41 heavy (non-hydrogen) atoms. The molecule has 0 spiro atoms. The lowest BCUT2D eigenvalue weighted by Gasteiger charge is -2.18. The molecular weight excluding hydrogens is 524 g/mol. The Bertz CT molecular complexity index is 1550. The Morgan fingerprint density at radius 2 is 1.88 bits per heavy atom. The van der Waals surface area contributed by atoms with E-state index in [-0.39, 0.29) is 23.3 Å². The number of nitrogens with one attached hydrogen (secondary N) is 4. The van der Waals surface area contributed by atoms with E-state index in [9.17, 15) is 5.26 Å². The van der Waals surface area contributed by atoms with Crippen molar-refractivity contribution in [2.75, 3.05) is 43.3 Å². The minimum Gasteiger partial charge on any atom is -0.477 e. The van der Waals surface area contributed by atoms with Gasteiger partial charge in [0.15, 0.2) is 28.7 Å². The zero-order valence-corrected chi connectivity index (χ0v) is 24.2. The number of hydrogen-bond acceptors (Lipinski definition) is 12. The number of rotatable bonds is 12. The highest BCUT2D eigenvalue weighted by molar-refractivity contribution is 5.77. The van der Waals surface area contributed by atoms with Gasteiger partial charge in [-0.25, -0.2) is 4.98 Å². The lowest BCUT2D eigenvalue weighted by molar-refractivity contribution is 0.190. The SMILES string of the molecule is CCOc1c(C#N)c(N=Nc2c(NC)nc(Nc3c(C)cc(C)cc3C)nc2NC(C)COC)nn1-c1c[nH]cn1. The number of hydrogen-bond donors (Lipinski definition) is 4. The molecule has 0 aliphatic carbocycles. The summed E-state index contributed by atoms with van der Waals surface area (Å²) in [6, 6.07) is 6.21. The second kappa shape index (κ2) is 12.9. The molecule has 3 heterocycles. The van der Waals surface area contributed by atoms with Crippen molar-refractivity contribution in [1.29, 1.82) is 5.26 Å². The quantitative estimate of drug-likeness (QED) is 0.168. The van der Waals surface area contributed by atoms with Crippen LogP contribution in [0.4, 0.5) is 34.8 Å². The Morgan fingerprint density at radius 3 is 2.49 bits per heavy atom. The van der Waals surface area contributed by atoms with Crippen molar-refractivity contribution in [3.8, 4) is 17.8 Å². The third kappa shape index (κ3) is 6.42. The number of benzene rings is 1. The number of aromatic nitrogens is 6. The maximum Gasteiger partial charge on any atom is 0.239 e. The summed E-state index contributed by atoms with van der Waals surface area (Å²) in [5.74, 6) is 1.92. The molecular formula is C27H34N12O2. The van der Waals surface area contributed by atoms with Gasteiger partial charge in [0, 0.05) is 32.1 Å². The maximum atomic E-state index is 9.92. The number of ether oxygens (including phenoxy) is 2. The molecule has 0 saturated heterocycles. The predicted molar refractivity (Wildman–Crippen MR) is 156 cm³/mol. The summed E-state index contributed by atoms with van der Waals surface area (Å²) in [4.78, 5) is 16.5. The summed E-state index contributed by atoms with van der Waals surface area (Å²) < 4.78 is 12.4. The van der Waals surface area contributed by atoms with E-state index in [1.807, 2.05) is 27.7 Å². The molecule has 0 amide bonds. The van der Waals surface area contributed by atoms with Crippen molar-refractivity contribution in [2.24, 2.45) is 10.2 Å². The van der Waals surface area contributed by atoms with Crippen molar-refractivity contribution < 1.29 is 9.47 Å². The van der Waals surface area contributed by atoms with Crippen LogP contribution in [0.15, 0.2) is 34.9 Å². The van der Waals surface area contributed by atoms with Crippen LogP contribution in [0.2, 0.25) is 0 Å². The van der Waals surface area contributed by atoms with E-state index in [0.717, 1.165) is 16.8 Å². The summed E-state index contributed by atoms with van der Waals surface area (Å²) in [6.07, 6.45) is 3.14. The van der Waals surface area contributed by atoms with E-state index in [1.165, 1.54) is 16.6 Å². The fourth-order valence-corrected chi connectivity index (χ4v) is 4.34. The molecule has 4 N–H and O–H groups in total. The molecule has 214 valence electrons. The van der Waals surface area contributed by atoms with Crippen molar-refractivity contribution in [3.05, 3.63) is 46.9 Å². The van der Waals surface area contributed by atoms with Crippen LogP contribution in [0.25, 0.3) is 5.82 Å². The standard InChI is InChI=1S/C27H34N12O2/c1-8-41-26-19(11-28)23(38-39(26)20-12-30-14-31-20)37-36-22-24(29-6)34-27(35-25(22)32-18(5)13-40-7)33-21-16(3)9-15(2)10-17(21)4/h9-10,12,14,18H,8,13H2,1-7H3,(H,30,31)(H3,29,32,33,34,35). The fourth-order valence-electron chi connectivity index (χ4n) is 4.34. The molecule has 0 radical (unpaired) electrons. The molecule has 0 saturated carbocycles. The molecule has 4 aromatic rings. The van der Waals surface area contributed by atoms with Gasteiger partial charge >= 0.3 is 0 Å². The number of nitrogens with zero attached hydrogens (tertiary/aromatic N) is 8. The van der Waals surface area contributed by atoms with Crippen LogP contribution in [-0.4, -0.2) is 63.1 Å².